The number of furan rings is 1. The molecule has 1 aliphatic heterocycles. The Morgan fingerprint density at radius 3 is 2.76 bits per heavy atom. The Hall–Kier alpha value is -0.420. The smallest absolute Gasteiger partial charge is 0.244 e. The molecule has 0 amide bonds. The SMILES string of the molecule is CNCc1cc(S(=O)(=O)NCC2CCS(=O)(=O)C2)c(Br)o1. The van der Waals surface area contributed by atoms with E-state index in [0.29, 0.717) is 18.7 Å². The third kappa shape index (κ3) is 4.28. The summed E-state index contributed by atoms with van der Waals surface area (Å²) in [5, 5.41) is 2.87. The minimum absolute atomic E-state index is 0.0219. The van der Waals surface area contributed by atoms with Crippen LogP contribution in [-0.4, -0.2) is 41.9 Å². The highest BCUT2D eigenvalue weighted by atomic mass is 79.9. The monoisotopic (exact) mass is 400 g/mol. The van der Waals surface area contributed by atoms with Crippen molar-refractivity contribution >= 4 is 35.8 Å². The van der Waals surface area contributed by atoms with Gasteiger partial charge in [0.2, 0.25) is 10.0 Å². The quantitative estimate of drug-likeness (QED) is 0.718. The Morgan fingerprint density at radius 2 is 2.19 bits per heavy atom. The normalized spacial score (nSPS) is 21.7. The van der Waals surface area contributed by atoms with Crippen LogP contribution in [0.1, 0.15) is 12.2 Å². The lowest BCUT2D eigenvalue weighted by Crippen LogP contribution is -2.29. The second kappa shape index (κ2) is 6.37. The van der Waals surface area contributed by atoms with Gasteiger partial charge in [-0.2, -0.15) is 0 Å². The molecule has 120 valence electrons. The molecule has 1 fully saturated rings. The number of nitrogens with one attached hydrogen (secondary N) is 2. The maximum atomic E-state index is 12.2. The fourth-order valence-electron chi connectivity index (χ4n) is 2.18. The molecular formula is C11H17BrN2O5S2. The third-order valence-corrected chi connectivity index (χ3v) is 7.35. The Bertz CT molecular complexity index is 711. The van der Waals surface area contributed by atoms with E-state index in [9.17, 15) is 16.8 Å². The first kappa shape index (κ1) is 16.9. The van der Waals surface area contributed by atoms with Crippen LogP contribution in [0.25, 0.3) is 0 Å². The van der Waals surface area contributed by atoms with E-state index in [4.69, 9.17) is 4.42 Å². The number of hydrogen-bond donors (Lipinski definition) is 2. The summed E-state index contributed by atoms with van der Waals surface area (Å²) < 4.78 is 55.0. The van der Waals surface area contributed by atoms with Crippen LogP contribution in [0, 0.1) is 5.92 Å². The van der Waals surface area contributed by atoms with E-state index in [0.717, 1.165) is 0 Å². The van der Waals surface area contributed by atoms with E-state index in [1.54, 1.807) is 7.05 Å². The molecule has 0 aromatic carbocycles. The molecule has 0 spiro atoms. The Kier molecular flexibility index (Phi) is 5.14. The number of halogens is 1. The average Bonchev–Trinajstić information content (AvgIpc) is 2.91. The second-order valence-electron chi connectivity index (χ2n) is 5.00. The molecule has 1 unspecified atom stereocenters. The molecule has 1 aliphatic rings. The molecule has 0 radical (unpaired) electrons. The predicted molar refractivity (Wildman–Crippen MR) is 81.1 cm³/mol. The standard InChI is InChI=1S/C11H17BrN2O5S2/c1-13-6-9-4-10(11(12)19-9)21(17,18)14-5-8-2-3-20(15,16)7-8/h4,8,13-14H,2-3,5-7H2,1H3. The van der Waals surface area contributed by atoms with Crippen molar-refractivity contribution in [3.05, 3.63) is 16.5 Å². The van der Waals surface area contributed by atoms with E-state index in [-0.39, 0.29) is 33.5 Å². The first-order valence-corrected chi connectivity index (χ1v) is 10.5. The van der Waals surface area contributed by atoms with Gasteiger partial charge in [0.25, 0.3) is 0 Å². The molecule has 21 heavy (non-hydrogen) atoms. The van der Waals surface area contributed by atoms with Gasteiger partial charge in [-0.1, -0.05) is 0 Å². The van der Waals surface area contributed by atoms with Gasteiger partial charge in [0, 0.05) is 12.6 Å². The first-order valence-electron chi connectivity index (χ1n) is 6.36. The predicted octanol–water partition coefficient (Wildman–Crippen LogP) is 0.474. The number of sulfone groups is 1. The van der Waals surface area contributed by atoms with E-state index in [1.807, 2.05) is 0 Å². The van der Waals surface area contributed by atoms with Crippen molar-refractivity contribution in [2.75, 3.05) is 25.1 Å². The fourth-order valence-corrected chi connectivity index (χ4v) is 6.15. The molecule has 1 aromatic heterocycles. The van der Waals surface area contributed by atoms with Crippen LogP contribution in [0.15, 0.2) is 20.0 Å². The van der Waals surface area contributed by atoms with Crippen LogP contribution in [0.5, 0.6) is 0 Å². The van der Waals surface area contributed by atoms with Gasteiger partial charge in [-0.15, -0.1) is 0 Å². The summed E-state index contributed by atoms with van der Waals surface area (Å²) >= 11 is 3.09. The van der Waals surface area contributed by atoms with Gasteiger partial charge in [0.05, 0.1) is 18.1 Å². The molecule has 2 heterocycles. The molecule has 0 bridgehead atoms. The third-order valence-electron chi connectivity index (χ3n) is 3.24. The molecule has 10 heteroatoms. The molecule has 1 atom stereocenters. The summed E-state index contributed by atoms with van der Waals surface area (Å²) in [6.45, 7) is 0.523. The van der Waals surface area contributed by atoms with Crippen molar-refractivity contribution < 1.29 is 21.3 Å². The summed E-state index contributed by atoms with van der Waals surface area (Å²) in [6, 6.07) is 1.44. The maximum absolute atomic E-state index is 12.2. The number of hydrogen-bond acceptors (Lipinski definition) is 6. The number of rotatable bonds is 6. The zero-order valence-electron chi connectivity index (χ0n) is 11.4. The minimum atomic E-state index is -3.73. The van der Waals surface area contributed by atoms with Gasteiger partial charge in [-0.05, 0) is 35.3 Å². The van der Waals surface area contributed by atoms with Crippen molar-refractivity contribution in [3.8, 4) is 0 Å². The van der Waals surface area contributed by atoms with Crippen molar-refractivity contribution in [2.24, 2.45) is 5.92 Å². The summed E-state index contributed by atoms with van der Waals surface area (Å²) in [4.78, 5) is 0.0219. The summed E-state index contributed by atoms with van der Waals surface area (Å²) in [5.74, 6) is 0.481. The van der Waals surface area contributed by atoms with Crippen LogP contribution >= 0.6 is 15.9 Å². The van der Waals surface area contributed by atoms with E-state index < -0.39 is 19.9 Å². The highest BCUT2D eigenvalue weighted by Crippen LogP contribution is 2.26. The van der Waals surface area contributed by atoms with Gasteiger partial charge >= 0.3 is 0 Å². The zero-order chi connectivity index (χ0) is 15.7. The molecule has 2 N–H and O–H groups in total. The van der Waals surface area contributed by atoms with Gasteiger partial charge in [0.1, 0.15) is 10.7 Å². The maximum Gasteiger partial charge on any atom is 0.244 e. The van der Waals surface area contributed by atoms with Gasteiger partial charge in [-0.3, -0.25) is 0 Å². The number of sulfonamides is 1. The van der Waals surface area contributed by atoms with Crippen LogP contribution in [0.3, 0.4) is 0 Å². The highest BCUT2D eigenvalue weighted by Gasteiger charge is 2.30. The Balaban J connectivity index is 2.05. The largest absolute Gasteiger partial charge is 0.452 e. The lowest BCUT2D eigenvalue weighted by Gasteiger charge is -2.09. The molecule has 1 aromatic rings. The summed E-state index contributed by atoms with van der Waals surface area (Å²) in [5.41, 5.74) is 0. The van der Waals surface area contributed by atoms with Gasteiger partial charge in [-0.25, -0.2) is 21.6 Å². The van der Waals surface area contributed by atoms with Crippen LogP contribution in [-0.2, 0) is 26.4 Å². The molecule has 0 saturated carbocycles. The first-order chi connectivity index (χ1) is 9.73. The van der Waals surface area contributed by atoms with Gasteiger partial charge in [0.15, 0.2) is 14.5 Å². The minimum Gasteiger partial charge on any atom is -0.452 e. The molecule has 2 rings (SSSR count). The topological polar surface area (TPSA) is 105 Å². The second-order valence-corrected chi connectivity index (χ2v) is 9.69. The summed E-state index contributed by atoms with van der Waals surface area (Å²) in [7, 11) is -5.01. The molecule has 0 aliphatic carbocycles. The Labute approximate surface area is 132 Å². The van der Waals surface area contributed by atoms with Crippen molar-refractivity contribution in [1.82, 2.24) is 10.0 Å². The molecule has 1 saturated heterocycles. The average molecular weight is 401 g/mol. The van der Waals surface area contributed by atoms with Crippen LogP contribution < -0.4 is 10.0 Å². The van der Waals surface area contributed by atoms with Crippen molar-refractivity contribution in [1.29, 1.82) is 0 Å². The lowest BCUT2D eigenvalue weighted by atomic mass is 10.1. The van der Waals surface area contributed by atoms with E-state index >= 15 is 0 Å². The van der Waals surface area contributed by atoms with Crippen LogP contribution in [0.4, 0.5) is 0 Å². The van der Waals surface area contributed by atoms with Crippen molar-refractivity contribution in [3.63, 3.8) is 0 Å². The molecular weight excluding hydrogens is 384 g/mol. The lowest BCUT2D eigenvalue weighted by molar-refractivity contribution is 0.469. The molecule has 7 nitrogen and oxygen atoms in total. The van der Waals surface area contributed by atoms with Gasteiger partial charge < -0.3 is 9.73 Å². The van der Waals surface area contributed by atoms with Crippen LogP contribution in [0.2, 0.25) is 0 Å². The fraction of sp³-hybridized carbons (Fsp3) is 0.636. The summed E-state index contributed by atoms with van der Waals surface area (Å²) in [6.07, 6.45) is 0.489. The van der Waals surface area contributed by atoms with Crippen molar-refractivity contribution in [2.45, 2.75) is 17.9 Å². The van der Waals surface area contributed by atoms with E-state index in [1.165, 1.54) is 6.07 Å². The highest BCUT2D eigenvalue weighted by molar-refractivity contribution is 9.10. The van der Waals surface area contributed by atoms with E-state index in [2.05, 4.69) is 26.0 Å². The zero-order valence-corrected chi connectivity index (χ0v) is 14.6. The Morgan fingerprint density at radius 1 is 1.48 bits per heavy atom.